The summed E-state index contributed by atoms with van der Waals surface area (Å²) in [6, 6.07) is 2.39. The van der Waals surface area contributed by atoms with E-state index in [9.17, 15) is 23.2 Å². The number of amides is 2. The van der Waals surface area contributed by atoms with E-state index < -0.39 is 29.7 Å². The normalized spacial score (nSPS) is 17.2. The number of rotatable bonds is 10. The third-order valence-electron chi connectivity index (χ3n) is 4.91. The van der Waals surface area contributed by atoms with Crippen molar-refractivity contribution >= 4 is 17.8 Å². The molecule has 4 N–H and O–H groups in total. The Labute approximate surface area is 168 Å². The first-order chi connectivity index (χ1) is 13.8. The van der Waals surface area contributed by atoms with Gasteiger partial charge in [0.15, 0.2) is 11.6 Å². The lowest BCUT2D eigenvalue weighted by Crippen LogP contribution is -2.47. The van der Waals surface area contributed by atoms with Crippen molar-refractivity contribution in [3.8, 4) is 0 Å². The van der Waals surface area contributed by atoms with Crippen molar-refractivity contribution in [2.24, 2.45) is 5.73 Å². The van der Waals surface area contributed by atoms with Crippen molar-refractivity contribution in [1.29, 1.82) is 0 Å². The molecule has 9 heteroatoms. The van der Waals surface area contributed by atoms with Gasteiger partial charge in [0.2, 0.25) is 11.8 Å². The lowest BCUT2D eigenvalue weighted by Gasteiger charge is -2.25. The number of carbonyl (C=O) groups is 3. The predicted octanol–water partition coefficient (Wildman–Crippen LogP) is 1.59. The molecule has 0 saturated carbocycles. The molecule has 1 saturated heterocycles. The Morgan fingerprint density at radius 2 is 2.00 bits per heavy atom. The van der Waals surface area contributed by atoms with Crippen molar-refractivity contribution in [2.45, 2.75) is 57.0 Å². The number of nitrogens with one attached hydrogen (secondary N) is 1. The first-order valence-corrected chi connectivity index (χ1v) is 9.76. The highest BCUT2D eigenvalue weighted by atomic mass is 19.2. The number of carboxylic acids is 1. The summed E-state index contributed by atoms with van der Waals surface area (Å²) in [5.41, 5.74) is 6.51. The van der Waals surface area contributed by atoms with E-state index in [2.05, 4.69) is 5.32 Å². The largest absolute Gasteiger partial charge is 0.481 e. The SMILES string of the molecule is N[C@@H](CC(=O)N1CCC[C@H]1C(=O)NCCCCC(=O)O)Cc1ccc(F)c(F)c1. The molecule has 0 radical (unpaired) electrons. The second kappa shape index (κ2) is 10.8. The van der Waals surface area contributed by atoms with Crippen LogP contribution >= 0.6 is 0 Å². The minimum absolute atomic E-state index is 0.00138. The summed E-state index contributed by atoms with van der Waals surface area (Å²) in [7, 11) is 0. The van der Waals surface area contributed by atoms with Gasteiger partial charge < -0.3 is 21.1 Å². The number of unbranched alkanes of at least 4 members (excludes halogenated alkanes) is 1. The summed E-state index contributed by atoms with van der Waals surface area (Å²) < 4.78 is 26.3. The van der Waals surface area contributed by atoms with E-state index in [-0.39, 0.29) is 31.1 Å². The molecular weight excluding hydrogens is 384 g/mol. The number of benzene rings is 1. The van der Waals surface area contributed by atoms with Crippen LogP contribution in [0, 0.1) is 11.6 Å². The summed E-state index contributed by atoms with van der Waals surface area (Å²) in [4.78, 5) is 37.0. The van der Waals surface area contributed by atoms with Gasteiger partial charge in [-0.3, -0.25) is 14.4 Å². The Kier molecular flexibility index (Phi) is 8.50. The van der Waals surface area contributed by atoms with Gasteiger partial charge in [-0.25, -0.2) is 8.78 Å². The Bertz CT molecular complexity index is 744. The molecule has 7 nitrogen and oxygen atoms in total. The average Bonchev–Trinajstić information content (AvgIpc) is 3.14. The maximum atomic E-state index is 13.3. The highest BCUT2D eigenvalue weighted by Gasteiger charge is 2.34. The molecule has 1 aromatic rings. The number of hydrogen-bond donors (Lipinski definition) is 3. The third kappa shape index (κ3) is 7.08. The predicted molar refractivity (Wildman–Crippen MR) is 102 cm³/mol. The molecule has 1 aromatic carbocycles. The van der Waals surface area contributed by atoms with Gasteiger partial charge in [0.05, 0.1) is 0 Å². The second-order valence-electron chi connectivity index (χ2n) is 7.30. The van der Waals surface area contributed by atoms with Crippen LogP contribution in [0.15, 0.2) is 18.2 Å². The Morgan fingerprint density at radius 1 is 1.24 bits per heavy atom. The molecular formula is C20H27F2N3O4. The van der Waals surface area contributed by atoms with Gasteiger partial charge in [0.1, 0.15) is 6.04 Å². The van der Waals surface area contributed by atoms with Gasteiger partial charge in [-0.05, 0) is 49.8 Å². The molecule has 2 rings (SSSR count). The molecule has 1 aliphatic heterocycles. The maximum absolute atomic E-state index is 13.3. The lowest BCUT2D eigenvalue weighted by atomic mass is 10.0. The van der Waals surface area contributed by atoms with Gasteiger partial charge in [-0.1, -0.05) is 6.07 Å². The number of nitrogens with two attached hydrogens (primary N) is 1. The molecule has 0 unspecified atom stereocenters. The maximum Gasteiger partial charge on any atom is 0.303 e. The minimum Gasteiger partial charge on any atom is -0.481 e. The molecule has 0 spiro atoms. The van der Waals surface area contributed by atoms with E-state index >= 15 is 0 Å². The van der Waals surface area contributed by atoms with E-state index in [4.69, 9.17) is 10.8 Å². The first-order valence-electron chi connectivity index (χ1n) is 9.76. The standard InChI is InChI=1S/C20H27F2N3O4/c21-15-7-6-13(11-16(15)22)10-14(23)12-18(26)25-9-3-4-17(25)20(29)24-8-2-1-5-19(27)28/h6-7,11,14,17H,1-5,8-10,12,23H2,(H,24,29)(H,27,28)/t14-,17+/m1/s1. The van der Waals surface area contributed by atoms with E-state index in [0.717, 1.165) is 12.1 Å². The number of carboxylic acid groups (broad SMARTS) is 1. The molecule has 160 valence electrons. The number of nitrogens with zero attached hydrogens (tertiary/aromatic N) is 1. The number of likely N-dealkylation sites (tertiary alicyclic amines) is 1. The zero-order valence-electron chi connectivity index (χ0n) is 16.2. The van der Waals surface area contributed by atoms with Crippen LogP contribution in [-0.2, 0) is 20.8 Å². The van der Waals surface area contributed by atoms with Crippen molar-refractivity contribution in [1.82, 2.24) is 10.2 Å². The molecule has 1 aliphatic rings. The van der Waals surface area contributed by atoms with Gasteiger partial charge >= 0.3 is 5.97 Å². The molecule has 29 heavy (non-hydrogen) atoms. The number of aliphatic carboxylic acids is 1. The minimum atomic E-state index is -0.958. The second-order valence-corrected chi connectivity index (χ2v) is 7.30. The molecule has 0 aliphatic carbocycles. The zero-order chi connectivity index (χ0) is 21.4. The molecule has 0 aromatic heterocycles. The summed E-state index contributed by atoms with van der Waals surface area (Å²) in [6.07, 6.45) is 2.57. The number of hydrogen-bond acceptors (Lipinski definition) is 4. The topological polar surface area (TPSA) is 113 Å². The van der Waals surface area contributed by atoms with Crippen molar-refractivity contribution in [2.75, 3.05) is 13.1 Å². The Hall–Kier alpha value is -2.55. The average molecular weight is 411 g/mol. The summed E-state index contributed by atoms with van der Waals surface area (Å²) >= 11 is 0. The van der Waals surface area contributed by atoms with Crippen LogP contribution in [0.1, 0.15) is 44.1 Å². The van der Waals surface area contributed by atoms with Crippen molar-refractivity contribution in [3.63, 3.8) is 0 Å². The van der Waals surface area contributed by atoms with Gasteiger partial charge in [0, 0.05) is 32.0 Å². The lowest BCUT2D eigenvalue weighted by molar-refractivity contribution is -0.138. The fourth-order valence-electron chi connectivity index (χ4n) is 3.45. The van der Waals surface area contributed by atoms with E-state index in [1.165, 1.54) is 11.0 Å². The monoisotopic (exact) mass is 411 g/mol. The molecule has 2 atom stereocenters. The van der Waals surface area contributed by atoms with Crippen LogP contribution < -0.4 is 11.1 Å². The van der Waals surface area contributed by atoms with Gasteiger partial charge in [-0.2, -0.15) is 0 Å². The van der Waals surface area contributed by atoms with E-state index in [1.807, 2.05) is 0 Å². The van der Waals surface area contributed by atoms with Gasteiger partial charge in [0.25, 0.3) is 0 Å². The van der Waals surface area contributed by atoms with Crippen LogP contribution in [-0.4, -0.2) is 53.0 Å². The van der Waals surface area contributed by atoms with E-state index in [1.54, 1.807) is 0 Å². The van der Waals surface area contributed by atoms with Crippen LogP contribution in [0.25, 0.3) is 0 Å². The van der Waals surface area contributed by atoms with Crippen LogP contribution in [0.2, 0.25) is 0 Å². The summed E-state index contributed by atoms with van der Waals surface area (Å²) in [6.45, 7) is 0.827. The number of halogens is 2. The molecule has 2 amide bonds. The highest BCUT2D eigenvalue weighted by Crippen LogP contribution is 2.20. The van der Waals surface area contributed by atoms with Crippen molar-refractivity contribution in [3.05, 3.63) is 35.4 Å². The van der Waals surface area contributed by atoms with Crippen LogP contribution in [0.5, 0.6) is 0 Å². The quantitative estimate of drug-likeness (QED) is 0.506. The smallest absolute Gasteiger partial charge is 0.303 e. The third-order valence-corrected chi connectivity index (χ3v) is 4.91. The van der Waals surface area contributed by atoms with E-state index in [0.29, 0.717) is 44.3 Å². The van der Waals surface area contributed by atoms with Crippen LogP contribution in [0.4, 0.5) is 8.78 Å². The highest BCUT2D eigenvalue weighted by molar-refractivity contribution is 5.88. The van der Waals surface area contributed by atoms with Crippen molar-refractivity contribution < 1.29 is 28.3 Å². The first kappa shape index (κ1) is 22.7. The molecule has 1 heterocycles. The summed E-state index contributed by atoms with van der Waals surface area (Å²) in [5.74, 6) is -3.26. The fraction of sp³-hybridized carbons (Fsp3) is 0.550. The van der Waals surface area contributed by atoms with Gasteiger partial charge in [-0.15, -0.1) is 0 Å². The molecule has 0 bridgehead atoms. The Morgan fingerprint density at radius 3 is 2.69 bits per heavy atom. The van der Waals surface area contributed by atoms with Crippen LogP contribution in [0.3, 0.4) is 0 Å². The Balaban J connectivity index is 1.81. The number of carbonyl (C=O) groups excluding carboxylic acids is 2. The zero-order valence-corrected chi connectivity index (χ0v) is 16.2. The fourth-order valence-corrected chi connectivity index (χ4v) is 3.45. The summed E-state index contributed by atoms with van der Waals surface area (Å²) in [5, 5.41) is 11.4. The molecule has 1 fully saturated rings.